The number of carbonyl (C=O) groups is 3. The Hall–Kier alpha value is -2.48. The minimum absolute atomic E-state index is 0.120. The molecule has 0 bridgehead atoms. The number of ether oxygens (including phenoxy) is 1. The molecule has 8 heteroatoms. The highest BCUT2D eigenvalue weighted by atomic mass is 19.1. The zero-order valence-electron chi connectivity index (χ0n) is 10.4. The van der Waals surface area contributed by atoms with E-state index in [4.69, 9.17) is 5.11 Å². The summed E-state index contributed by atoms with van der Waals surface area (Å²) in [7, 11) is 0. The van der Waals surface area contributed by atoms with E-state index in [-0.39, 0.29) is 12.4 Å². The van der Waals surface area contributed by atoms with Crippen LogP contribution >= 0.6 is 0 Å². The van der Waals surface area contributed by atoms with Crippen molar-refractivity contribution < 1.29 is 28.6 Å². The van der Waals surface area contributed by atoms with E-state index in [0.29, 0.717) is 5.56 Å². The van der Waals surface area contributed by atoms with Crippen molar-refractivity contribution >= 4 is 17.9 Å². The maximum atomic E-state index is 12.6. The van der Waals surface area contributed by atoms with Crippen LogP contribution in [0, 0.1) is 5.82 Å². The highest BCUT2D eigenvalue weighted by Crippen LogP contribution is 2.01. The number of hydrogen-bond acceptors (Lipinski definition) is 4. The molecule has 0 aliphatic rings. The fourth-order valence-corrected chi connectivity index (χ4v) is 1.22. The Kier molecular flexibility index (Phi) is 6.11. The molecule has 20 heavy (non-hydrogen) atoms. The lowest BCUT2D eigenvalue weighted by molar-refractivity contribution is -0.143. The summed E-state index contributed by atoms with van der Waals surface area (Å²) in [6.07, 6.45) is 0. The lowest BCUT2D eigenvalue weighted by Gasteiger charge is -2.06. The third-order valence-electron chi connectivity index (χ3n) is 2.08. The molecule has 0 fully saturated rings. The summed E-state index contributed by atoms with van der Waals surface area (Å²) in [5.41, 5.74) is 0.663. The molecule has 0 saturated heterocycles. The Morgan fingerprint density at radius 2 is 1.80 bits per heavy atom. The number of carboxylic acid groups (broad SMARTS) is 1. The van der Waals surface area contributed by atoms with Gasteiger partial charge in [-0.05, 0) is 17.7 Å². The normalized spacial score (nSPS) is 9.85. The smallest absolute Gasteiger partial charge is 0.329 e. The highest BCUT2D eigenvalue weighted by Gasteiger charge is 2.08. The van der Waals surface area contributed by atoms with Gasteiger partial charge in [-0.2, -0.15) is 0 Å². The lowest BCUT2D eigenvalue weighted by atomic mass is 10.2. The van der Waals surface area contributed by atoms with E-state index in [1.165, 1.54) is 24.3 Å². The second kappa shape index (κ2) is 7.85. The van der Waals surface area contributed by atoms with Crippen LogP contribution in [0.2, 0.25) is 0 Å². The zero-order chi connectivity index (χ0) is 15.0. The van der Waals surface area contributed by atoms with Crippen molar-refractivity contribution in [3.05, 3.63) is 35.6 Å². The van der Waals surface area contributed by atoms with E-state index in [1.807, 2.05) is 5.32 Å². The summed E-state index contributed by atoms with van der Waals surface area (Å²) in [5.74, 6) is -2.36. The molecule has 0 unspecified atom stereocenters. The third kappa shape index (κ3) is 6.45. The van der Waals surface area contributed by atoms with Crippen molar-refractivity contribution in [3.8, 4) is 0 Å². The van der Waals surface area contributed by atoms with Gasteiger partial charge in [0.1, 0.15) is 19.0 Å². The molecule has 0 aliphatic carbocycles. The van der Waals surface area contributed by atoms with E-state index < -0.39 is 31.1 Å². The van der Waals surface area contributed by atoms with Crippen molar-refractivity contribution in [1.29, 1.82) is 0 Å². The molecule has 1 rings (SSSR count). The number of aliphatic carboxylic acids is 1. The number of hydrogen-bond donors (Lipinski definition) is 3. The van der Waals surface area contributed by atoms with Gasteiger partial charge in [0.05, 0.1) is 0 Å². The molecule has 0 heterocycles. The number of carbonyl (C=O) groups excluding carboxylic acids is 2. The lowest BCUT2D eigenvalue weighted by Crippen LogP contribution is -2.41. The van der Waals surface area contributed by atoms with Gasteiger partial charge in [0.2, 0.25) is 0 Å². The van der Waals surface area contributed by atoms with E-state index in [1.54, 1.807) is 0 Å². The first-order valence-electron chi connectivity index (χ1n) is 5.59. The predicted octanol–water partition coefficient (Wildman–Crippen LogP) is 0.253. The monoisotopic (exact) mass is 284 g/mol. The van der Waals surface area contributed by atoms with Gasteiger partial charge in [-0.25, -0.2) is 14.0 Å². The standard InChI is InChI=1S/C12H13FN2O5/c13-9-3-1-8(2-4-9)5-14-12(19)15-10(16)6-20-7-11(17)18/h1-4H,5-7H2,(H,17,18)(H2,14,15,16,19). The van der Waals surface area contributed by atoms with Gasteiger partial charge in [-0.1, -0.05) is 12.1 Å². The molecule has 0 aliphatic heterocycles. The van der Waals surface area contributed by atoms with Gasteiger partial charge >= 0.3 is 12.0 Å². The van der Waals surface area contributed by atoms with E-state index in [2.05, 4.69) is 10.1 Å². The fraction of sp³-hybridized carbons (Fsp3) is 0.250. The summed E-state index contributed by atoms with van der Waals surface area (Å²) in [6, 6.07) is 4.73. The summed E-state index contributed by atoms with van der Waals surface area (Å²) in [4.78, 5) is 32.6. The average Bonchev–Trinajstić information content (AvgIpc) is 2.37. The number of rotatable bonds is 6. The first-order chi connectivity index (χ1) is 9.47. The first kappa shape index (κ1) is 15.6. The molecule has 3 amide bonds. The van der Waals surface area contributed by atoms with Crippen LogP contribution in [-0.4, -0.2) is 36.2 Å². The number of halogens is 1. The molecule has 7 nitrogen and oxygen atoms in total. The molecule has 1 aromatic rings. The van der Waals surface area contributed by atoms with Crippen LogP contribution in [0.3, 0.4) is 0 Å². The molecule has 0 spiro atoms. The number of nitrogens with one attached hydrogen (secondary N) is 2. The van der Waals surface area contributed by atoms with Crippen molar-refractivity contribution in [2.24, 2.45) is 0 Å². The van der Waals surface area contributed by atoms with Crippen molar-refractivity contribution in [2.75, 3.05) is 13.2 Å². The van der Waals surface area contributed by atoms with Crippen LogP contribution in [-0.2, 0) is 20.9 Å². The Balaban J connectivity index is 2.24. The molecule has 0 aromatic heterocycles. The Morgan fingerprint density at radius 3 is 2.40 bits per heavy atom. The molecule has 0 radical (unpaired) electrons. The van der Waals surface area contributed by atoms with Gasteiger partial charge in [-0.3, -0.25) is 10.1 Å². The molecule has 3 N–H and O–H groups in total. The van der Waals surface area contributed by atoms with Crippen LogP contribution in [0.4, 0.5) is 9.18 Å². The maximum Gasteiger partial charge on any atom is 0.329 e. The van der Waals surface area contributed by atoms with Gasteiger partial charge in [-0.15, -0.1) is 0 Å². The summed E-state index contributed by atoms with van der Waals surface area (Å²) in [6.45, 7) is -1.03. The number of imide groups is 1. The molecule has 0 atom stereocenters. The summed E-state index contributed by atoms with van der Waals surface area (Å²) < 4.78 is 17.1. The Labute approximate surface area is 113 Å². The minimum Gasteiger partial charge on any atom is -0.480 e. The molecule has 108 valence electrons. The fourth-order valence-electron chi connectivity index (χ4n) is 1.22. The Bertz CT molecular complexity index is 489. The minimum atomic E-state index is -1.21. The third-order valence-corrected chi connectivity index (χ3v) is 2.08. The van der Waals surface area contributed by atoms with Crippen molar-refractivity contribution in [2.45, 2.75) is 6.54 Å². The van der Waals surface area contributed by atoms with Crippen LogP contribution < -0.4 is 10.6 Å². The molecular weight excluding hydrogens is 271 g/mol. The predicted molar refractivity (Wildman–Crippen MR) is 65.2 cm³/mol. The summed E-state index contributed by atoms with van der Waals surface area (Å²) >= 11 is 0. The van der Waals surface area contributed by atoms with E-state index in [9.17, 15) is 18.8 Å². The van der Waals surface area contributed by atoms with Gasteiger partial charge < -0.3 is 15.2 Å². The van der Waals surface area contributed by atoms with Crippen LogP contribution in [0.1, 0.15) is 5.56 Å². The molecular formula is C12H13FN2O5. The highest BCUT2D eigenvalue weighted by molar-refractivity contribution is 5.94. The van der Waals surface area contributed by atoms with Gasteiger partial charge in [0.25, 0.3) is 5.91 Å². The number of urea groups is 1. The topological polar surface area (TPSA) is 105 Å². The van der Waals surface area contributed by atoms with E-state index >= 15 is 0 Å². The van der Waals surface area contributed by atoms with Crippen LogP contribution in [0.25, 0.3) is 0 Å². The summed E-state index contributed by atoms with van der Waals surface area (Å²) in [5, 5.41) is 12.6. The second-order valence-electron chi connectivity index (χ2n) is 3.74. The first-order valence-corrected chi connectivity index (χ1v) is 5.59. The van der Waals surface area contributed by atoms with Gasteiger partial charge in [0.15, 0.2) is 0 Å². The second-order valence-corrected chi connectivity index (χ2v) is 3.74. The maximum absolute atomic E-state index is 12.6. The number of amides is 3. The number of carboxylic acids is 1. The molecule has 1 aromatic carbocycles. The quantitative estimate of drug-likeness (QED) is 0.694. The van der Waals surface area contributed by atoms with Crippen molar-refractivity contribution in [3.63, 3.8) is 0 Å². The Morgan fingerprint density at radius 1 is 1.15 bits per heavy atom. The van der Waals surface area contributed by atoms with E-state index in [0.717, 1.165) is 0 Å². The van der Waals surface area contributed by atoms with Crippen molar-refractivity contribution in [1.82, 2.24) is 10.6 Å². The largest absolute Gasteiger partial charge is 0.480 e. The van der Waals surface area contributed by atoms with Crippen LogP contribution in [0.15, 0.2) is 24.3 Å². The van der Waals surface area contributed by atoms with Gasteiger partial charge in [0, 0.05) is 6.54 Å². The SMILES string of the molecule is O=C(O)COCC(=O)NC(=O)NCc1ccc(F)cc1. The average molecular weight is 284 g/mol. The van der Waals surface area contributed by atoms with Crippen LogP contribution in [0.5, 0.6) is 0 Å². The molecule has 0 saturated carbocycles. The number of benzene rings is 1. The zero-order valence-corrected chi connectivity index (χ0v) is 10.4.